The van der Waals surface area contributed by atoms with Gasteiger partial charge in [0.2, 0.25) is 5.89 Å². The summed E-state index contributed by atoms with van der Waals surface area (Å²) in [5.41, 5.74) is 4.32. The number of rotatable bonds is 6. The number of nitrogens with zero attached hydrogens (tertiary/aromatic N) is 5. The first-order chi connectivity index (χ1) is 18.0. The zero-order valence-corrected chi connectivity index (χ0v) is 23.6. The fourth-order valence-corrected chi connectivity index (χ4v) is 5.27. The Morgan fingerprint density at radius 2 is 2.05 bits per heavy atom. The lowest BCUT2D eigenvalue weighted by Gasteiger charge is -2.24. The number of aliphatic hydroxyl groups is 1. The van der Waals surface area contributed by atoms with Crippen molar-refractivity contribution in [3.8, 4) is 11.5 Å². The predicted octanol–water partition coefficient (Wildman–Crippen LogP) is 3.75. The number of fused-ring (bicyclic) bond motifs is 1. The lowest BCUT2D eigenvalue weighted by molar-refractivity contribution is 0.102. The number of anilines is 2. The monoisotopic (exact) mass is 571 g/mol. The van der Waals surface area contributed by atoms with Gasteiger partial charge in [0.15, 0.2) is 5.69 Å². The van der Waals surface area contributed by atoms with Gasteiger partial charge in [-0.15, -0.1) is 12.4 Å². The molecular formula is C27H34ClN7O3S. The second kappa shape index (κ2) is 12.4. The van der Waals surface area contributed by atoms with Crippen LogP contribution in [0.3, 0.4) is 0 Å². The van der Waals surface area contributed by atoms with Crippen molar-refractivity contribution in [1.82, 2.24) is 25.1 Å². The number of hydrogen-bond acceptors (Lipinski definition) is 8. The number of pyridine rings is 1. The number of carbonyl (C=O) groups excluding carboxylic acids is 1. The first-order valence-electron chi connectivity index (χ1n) is 12.9. The zero-order valence-electron chi connectivity index (χ0n) is 21.8. The Balaban J connectivity index is 0.00000176. The molecule has 1 aromatic carbocycles. The van der Waals surface area contributed by atoms with E-state index in [0.29, 0.717) is 37.0 Å². The summed E-state index contributed by atoms with van der Waals surface area (Å²) in [6.07, 6.45) is 7.51. The minimum atomic E-state index is -0.385. The third-order valence-electron chi connectivity index (χ3n) is 7.28. The smallest absolute Gasteiger partial charge is 0.277 e. The Bertz CT molecular complexity index is 1440. The largest absolute Gasteiger partial charge is 0.444 e. The van der Waals surface area contributed by atoms with Gasteiger partial charge in [0.1, 0.15) is 6.26 Å². The Kier molecular flexibility index (Phi) is 9.16. The Hall–Kier alpha value is -3.12. The summed E-state index contributed by atoms with van der Waals surface area (Å²) in [5.74, 6) is 0.584. The summed E-state index contributed by atoms with van der Waals surface area (Å²) in [5, 5.41) is 22.3. The van der Waals surface area contributed by atoms with E-state index in [1.54, 1.807) is 12.3 Å². The number of β-amino-alcohol motifs (C(OH)–C–C–N with tert-alkyl or cyclic N) is 1. The highest BCUT2D eigenvalue weighted by atomic mass is 35.5. The van der Waals surface area contributed by atoms with E-state index < -0.39 is 0 Å². The van der Waals surface area contributed by atoms with Gasteiger partial charge in [-0.2, -0.15) is 18.6 Å². The van der Waals surface area contributed by atoms with Crippen LogP contribution in [0.5, 0.6) is 0 Å². The third kappa shape index (κ3) is 6.22. The van der Waals surface area contributed by atoms with Crippen molar-refractivity contribution < 1.29 is 14.3 Å². The second-order valence-corrected chi connectivity index (χ2v) is 10.0. The van der Waals surface area contributed by atoms with Gasteiger partial charge in [-0.05, 0) is 69.5 Å². The molecule has 4 aromatic rings. The fraction of sp³-hybridized carbons (Fsp3) is 0.407. The van der Waals surface area contributed by atoms with Crippen molar-refractivity contribution in [1.29, 1.82) is 0 Å². The zero-order chi connectivity index (χ0) is 25.4. The molecule has 2 fully saturated rings. The van der Waals surface area contributed by atoms with Crippen LogP contribution in [0.25, 0.3) is 22.4 Å². The number of aliphatic hydroxyl groups excluding tert-OH is 1. The summed E-state index contributed by atoms with van der Waals surface area (Å²) >= 11 is 0. The average molecular weight is 572 g/mol. The first-order valence-corrected chi connectivity index (χ1v) is 12.9. The van der Waals surface area contributed by atoms with Crippen LogP contribution in [0.15, 0.2) is 47.3 Å². The number of halogens is 1. The van der Waals surface area contributed by atoms with E-state index in [1.807, 2.05) is 29.9 Å². The minimum Gasteiger partial charge on any atom is -0.444 e. The van der Waals surface area contributed by atoms with Crippen LogP contribution < -0.4 is 15.5 Å². The summed E-state index contributed by atoms with van der Waals surface area (Å²) in [6, 6.07) is 7.72. The standard InChI is InChI=1S/C27H31N7O3.ClH.H2S/c1-17-10-19(4-8-29-17)27-32-23(16-37-27)26(36)31-22-12-24-20(11-25(22)33-9-5-21(35)15-33)13-30-34(24)14-18-2-6-28-7-3-18;;/h4,8,10-13,16,18,21,28,35H,2-3,5-7,9,14-15H2,1H3,(H,31,36);1H;1H2/t21-;;/m0../s1. The second-order valence-electron chi connectivity index (χ2n) is 10.0. The molecule has 2 saturated heterocycles. The van der Waals surface area contributed by atoms with Gasteiger partial charge in [0, 0.05) is 42.5 Å². The van der Waals surface area contributed by atoms with Crippen LogP contribution in [0.1, 0.15) is 35.4 Å². The van der Waals surface area contributed by atoms with E-state index in [-0.39, 0.29) is 43.6 Å². The molecule has 12 heteroatoms. The average Bonchev–Trinajstić information content (AvgIpc) is 3.65. The van der Waals surface area contributed by atoms with Gasteiger partial charge in [-0.3, -0.25) is 14.5 Å². The van der Waals surface area contributed by atoms with Gasteiger partial charge in [0.05, 0.1) is 29.2 Å². The highest BCUT2D eigenvalue weighted by Crippen LogP contribution is 2.34. The number of nitrogens with one attached hydrogen (secondary N) is 2. The molecule has 1 amide bonds. The van der Waals surface area contributed by atoms with Crippen LogP contribution in [0, 0.1) is 12.8 Å². The maximum Gasteiger partial charge on any atom is 0.277 e. The van der Waals surface area contributed by atoms with Crippen LogP contribution in [-0.4, -0.2) is 63.0 Å². The van der Waals surface area contributed by atoms with Crippen LogP contribution in [0.4, 0.5) is 11.4 Å². The molecule has 0 saturated carbocycles. The van der Waals surface area contributed by atoms with Gasteiger partial charge in [-0.25, -0.2) is 4.98 Å². The number of amides is 1. The molecule has 6 rings (SSSR count). The fourth-order valence-electron chi connectivity index (χ4n) is 5.27. The van der Waals surface area contributed by atoms with Crippen molar-refractivity contribution in [2.24, 2.45) is 5.92 Å². The van der Waals surface area contributed by atoms with Crippen LogP contribution in [-0.2, 0) is 6.54 Å². The third-order valence-corrected chi connectivity index (χ3v) is 7.28. The van der Waals surface area contributed by atoms with E-state index in [0.717, 1.165) is 60.3 Å². The molecule has 0 bridgehead atoms. The lowest BCUT2D eigenvalue weighted by atomic mass is 9.98. The quantitative estimate of drug-likeness (QED) is 0.320. The van der Waals surface area contributed by atoms with E-state index >= 15 is 0 Å². The molecule has 0 spiro atoms. The van der Waals surface area contributed by atoms with Crippen molar-refractivity contribution in [3.63, 3.8) is 0 Å². The van der Waals surface area contributed by atoms with E-state index in [9.17, 15) is 9.90 Å². The number of hydrogen-bond donors (Lipinski definition) is 3. The minimum absolute atomic E-state index is 0. The molecule has 0 radical (unpaired) electrons. The van der Waals surface area contributed by atoms with Crippen LogP contribution in [0.2, 0.25) is 0 Å². The molecule has 0 aliphatic carbocycles. The molecular weight excluding hydrogens is 538 g/mol. The molecule has 0 unspecified atom stereocenters. The van der Waals surface area contributed by atoms with E-state index in [4.69, 9.17) is 4.42 Å². The van der Waals surface area contributed by atoms with E-state index in [1.165, 1.54) is 6.26 Å². The Labute approximate surface area is 240 Å². The molecule has 2 aliphatic rings. The highest BCUT2D eigenvalue weighted by molar-refractivity contribution is 7.59. The molecule has 3 aromatic heterocycles. The molecule has 10 nitrogen and oxygen atoms in total. The topological polar surface area (TPSA) is 121 Å². The molecule has 39 heavy (non-hydrogen) atoms. The van der Waals surface area contributed by atoms with Gasteiger partial charge in [-0.1, -0.05) is 0 Å². The number of benzene rings is 1. The van der Waals surface area contributed by atoms with Crippen molar-refractivity contribution in [3.05, 3.63) is 54.3 Å². The Morgan fingerprint density at radius 3 is 2.79 bits per heavy atom. The number of carbonyl (C=O) groups is 1. The summed E-state index contributed by atoms with van der Waals surface area (Å²) in [7, 11) is 0. The maximum absolute atomic E-state index is 13.3. The highest BCUT2D eigenvalue weighted by Gasteiger charge is 2.25. The van der Waals surface area contributed by atoms with Crippen molar-refractivity contribution in [2.75, 3.05) is 36.4 Å². The number of aryl methyl sites for hydroxylation is 1. The molecule has 3 N–H and O–H groups in total. The molecule has 1 atom stereocenters. The summed E-state index contributed by atoms with van der Waals surface area (Å²) in [4.78, 5) is 24.0. The Morgan fingerprint density at radius 1 is 1.23 bits per heavy atom. The van der Waals surface area contributed by atoms with Gasteiger partial charge in [0.25, 0.3) is 5.91 Å². The molecule has 2 aliphatic heterocycles. The SMILES string of the molecule is Cc1cc(-c2nc(C(=O)Nc3cc4c(cnn4CC4CCNCC4)cc3N3CC[C@H](O)C3)co2)ccn1.Cl.S. The molecule has 5 heterocycles. The maximum atomic E-state index is 13.3. The first kappa shape index (κ1) is 28.9. The number of aromatic nitrogens is 4. The van der Waals surface area contributed by atoms with Crippen molar-refractivity contribution >= 4 is 54.1 Å². The van der Waals surface area contributed by atoms with E-state index in [2.05, 4.69) is 36.7 Å². The number of oxazole rings is 1. The van der Waals surface area contributed by atoms with Crippen LogP contribution >= 0.6 is 25.9 Å². The molecule has 208 valence electrons. The van der Waals surface area contributed by atoms with Crippen molar-refractivity contribution in [2.45, 2.75) is 38.8 Å². The summed E-state index contributed by atoms with van der Waals surface area (Å²) < 4.78 is 7.65. The van der Waals surface area contributed by atoms with Gasteiger partial charge < -0.3 is 25.1 Å². The van der Waals surface area contributed by atoms with Gasteiger partial charge >= 0.3 is 0 Å². The lowest BCUT2D eigenvalue weighted by Crippen LogP contribution is -2.30. The summed E-state index contributed by atoms with van der Waals surface area (Å²) in [6.45, 7) is 6.04. The number of piperidine rings is 1. The normalized spacial score (nSPS) is 17.6. The predicted molar refractivity (Wildman–Crippen MR) is 158 cm³/mol.